The van der Waals surface area contributed by atoms with Crippen LogP contribution in [0.3, 0.4) is 0 Å². The van der Waals surface area contributed by atoms with E-state index in [1.807, 2.05) is 0 Å². The molecule has 0 aliphatic heterocycles. The van der Waals surface area contributed by atoms with Gasteiger partial charge in [0, 0.05) is 14.2 Å². The van der Waals surface area contributed by atoms with Gasteiger partial charge in [-0.05, 0) is 72.2 Å². The average molecular weight is 298 g/mol. The van der Waals surface area contributed by atoms with Gasteiger partial charge in [0.1, 0.15) is 0 Å². The first-order valence-electron chi connectivity index (χ1n) is 7.67. The Balaban J connectivity index is 2.56. The van der Waals surface area contributed by atoms with E-state index in [2.05, 4.69) is 52.0 Å². The van der Waals surface area contributed by atoms with E-state index in [1.165, 1.54) is 44.5 Å². The van der Waals surface area contributed by atoms with E-state index in [0.29, 0.717) is 13.2 Å². The Morgan fingerprint density at radius 2 is 1.18 bits per heavy atom. The molecular weight excluding hydrogens is 272 g/mol. The molecule has 22 heavy (non-hydrogen) atoms. The highest BCUT2D eigenvalue weighted by Crippen LogP contribution is 2.34. The highest BCUT2D eigenvalue weighted by atomic mass is 16.5. The molecule has 0 saturated carbocycles. The van der Waals surface area contributed by atoms with E-state index >= 15 is 0 Å². The Labute approximate surface area is 134 Å². The summed E-state index contributed by atoms with van der Waals surface area (Å²) >= 11 is 0. The first-order valence-corrected chi connectivity index (χ1v) is 7.67. The quantitative estimate of drug-likeness (QED) is 0.783. The van der Waals surface area contributed by atoms with Crippen molar-refractivity contribution in [3.8, 4) is 11.1 Å². The summed E-state index contributed by atoms with van der Waals surface area (Å²) in [7, 11) is 3.48. The van der Waals surface area contributed by atoms with E-state index in [1.54, 1.807) is 14.2 Å². The van der Waals surface area contributed by atoms with Crippen LogP contribution < -0.4 is 0 Å². The van der Waals surface area contributed by atoms with Gasteiger partial charge in [0.25, 0.3) is 0 Å². The van der Waals surface area contributed by atoms with E-state index in [0.717, 1.165) is 0 Å². The van der Waals surface area contributed by atoms with Crippen LogP contribution in [0.25, 0.3) is 11.1 Å². The SMILES string of the molecule is COCc1ccc(-c2c(C)c(C)c(COC)c(C)c2C)cc1. The topological polar surface area (TPSA) is 18.5 Å². The maximum Gasteiger partial charge on any atom is 0.0718 e. The molecule has 2 aromatic carbocycles. The molecule has 0 bridgehead atoms. The smallest absolute Gasteiger partial charge is 0.0718 e. The van der Waals surface area contributed by atoms with E-state index in [9.17, 15) is 0 Å². The van der Waals surface area contributed by atoms with Crippen molar-refractivity contribution in [2.24, 2.45) is 0 Å². The van der Waals surface area contributed by atoms with Crippen LogP contribution in [0.15, 0.2) is 24.3 Å². The lowest BCUT2D eigenvalue weighted by Crippen LogP contribution is -2.04. The van der Waals surface area contributed by atoms with Crippen LogP contribution in [-0.2, 0) is 22.7 Å². The average Bonchev–Trinajstić information content (AvgIpc) is 2.52. The molecule has 0 heterocycles. The molecular formula is C20H26O2. The molecule has 0 fully saturated rings. The summed E-state index contributed by atoms with van der Waals surface area (Å²) in [5.74, 6) is 0. The van der Waals surface area contributed by atoms with Gasteiger partial charge in [-0.2, -0.15) is 0 Å². The van der Waals surface area contributed by atoms with Crippen LogP contribution >= 0.6 is 0 Å². The summed E-state index contributed by atoms with van der Waals surface area (Å²) in [5, 5.41) is 0. The van der Waals surface area contributed by atoms with Gasteiger partial charge in [0.2, 0.25) is 0 Å². The summed E-state index contributed by atoms with van der Waals surface area (Å²) < 4.78 is 10.6. The van der Waals surface area contributed by atoms with Crippen LogP contribution in [0.2, 0.25) is 0 Å². The molecule has 0 N–H and O–H groups in total. The minimum Gasteiger partial charge on any atom is -0.380 e. The maximum absolute atomic E-state index is 5.37. The van der Waals surface area contributed by atoms with Crippen molar-refractivity contribution in [3.05, 3.63) is 57.6 Å². The second-order valence-corrected chi connectivity index (χ2v) is 5.92. The lowest BCUT2D eigenvalue weighted by molar-refractivity contribution is 0.183. The Kier molecular flexibility index (Phi) is 5.38. The number of methoxy groups -OCH3 is 2. The van der Waals surface area contributed by atoms with Gasteiger partial charge in [0.15, 0.2) is 0 Å². The number of hydrogen-bond donors (Lipinski definition) is 0. The zero-order valence-electron chi connectivity index (χ0n) is 14.5. The summed E-state index contributed by atoms with van der Waals surface area (Å²) in [6.45, 7) is 10.1. The standard InChI is InChI=1S/C20H26O2/c1-13-15(3)20(16(4)14(2)19(13)12-22-6)18-9-7-17(8-10-18)11-21-5/h7-10H,11-12H2,1-6H3. The van der Waals surface area contributed by atoms with Gasteiger partial charge in [-0.1, -0.05) is 24.3 Å². The lowest BCUT2D eigenvalue weighted by atomic mass is 9.86. The molecule has 2 heteroatoms. The second-order valence-electron chi connectivity index (χ2n) is 5.92. The van der Waals surface area contributed by atoms with Crippen molar-refractivity contribution in [3.63, 3.8) is 0 Å². The zero-order chi connectivity index (χ0) is 16.3. The van der Waals surface area contributed by atoms with Gasteiger partial charge >= 0.3 is 0 Å². The van der Waals surface area contributed by atoms with Crippen LogP contribution in [-0.4, -0.2) is 14.2 Å². The second kappa shape index (κ2) is 7.08. The molecule has 0 saturated heterocycles. The fourth-order valence-corrected chi connectivity index (χ4v) is 3.12. The number of rotatable bonds is 5. The summed E-state index contributed by atoms with van der Waals surface area (Å²) in [6.07, 6.45) is 0. The van der Waals surface area contributed by atoms with Crippen LogP contribution in [0, 0.1) is 27.7 Å². The van der Waals surface area contributed by atoms with Crippen molar-refractivity contribution in [1.29, 1.82) is 0 Å². The monoisotopic (exact) mass is 298 g/mol. The Hall–Kier alpha value is -1.64. The molecule has 2 aromatic rings. The van der Waals surface area contributed by atoms with Crippen LogP contribution in [0.1, 0.15) is 33.4 Å². The fraction of sp³-hybridized carbons (Fsp3) is 0.400. The number of benzene rings is 2. The van der Waals surface area contributed by atoms with E-state index in [-0.39, 0.29) is 0 Å². The molecule has 2 nitrogen and oxygen atoms in total. The molecule has 0 amide bonds. The van der Waals surface area contributed by atoms with Crippen LogP contribution in [0.5, 0.6) is 0 Å². The molecule has 2 rings (SSSR count). The third-order valence-electron chi connectivity index (χ3n) is 4.62. The van der Waals surface area contributed by atoms with Gasteiger partial charge in [0.05, 0.1) is 13.2 Å². The Morgan fingerprint density at radius 3 is 1.64 bits per heavy atom. The van der Waals surface area contributed by atoms with Gasteiger partial charge < -0.3 is 9.47 Å². The summed E-state index contributed by atoms with van der Waals surface area (Å²) in [6, 6.07) is 8.67. The molecule has 0 aliphatic rings. The first-order chi connectivity index (χ1) is 10.5. The maximum atomic E-state index is 5.37. The fourth-order valence-electron chi connectivity index (χ4n) is 3.12. The molecule has 0 unspecified atom stereocenters. The van der Waals surface area contributed by atoms with Crippen molar-refractivity contribution < 1.29 is 9.47 Å². The Morgan fingerprint density at radius 1 is 0.682 bits per heavy atom. The van der Waals surface area contributed by atoms with Crippen LogP contribution in [0.4, 0.5) is 0 Å². The van der Waals surface area contributed by atoms with Crippen molar-refractivity contribution in [2.45, 2.75) is 40.9 Å². The largest absolute Gasteiger partial charge is 0.380 e. The van der Waals surface area contributed by atoms with E-state index < -0.39 is 0 Å². The van der Waals surface area contributed by atoms with Gasteiger partial charge in [-0.25, -0.2) is 0 Å². The molecule has 118 valence electrons. The molecule has 0 spiro atoms. The third kappa shape index (κ3) is 3.08. The van der Waals surface area contributed by atoms with E-state index in [4.69, 9.17) is 9.47 Å². The van der Waals surface area contributed by atoms with Crippen molar-refractivity contribution in [1.82, 2.24) is 0 Å². The van der Waals surface area contributed by atoms with Gasteiger partial charge in [-0.15, -0.1) is 0 Å². The third-order valence-corrected chi connectivity index (χ3v) is 4.62. The molecule has 0 aromatic heterocycles. The highest BCUT2D eigenvalue weighted by Gasteiger charge is 2.15. The highest BCUT2D eigenvalue weighted by molar-refractivity contribution is 5.74. The summed E-state index contributed by atoms with van der Waals surface area (Å²) in [5.41, 5.74) is 10.5. The predicted octanol–water partition coefficient (Wildman–Crippen LogP) is 4.88. The first kappa shape index (κ1) is 16.7. The minimum atomic E-state index is 0.656. The number of ether oxygens (including phenoxy) is 2. The minimum absolute atomic E-state index is 0.656. The predicted molar refractivity (Wildman–Crippen MR) is 92.3 cm³/mol. The lowest BCUT2D eigenvalue weighted by Gasteiger charge is -2.20. The normalized spacial score (nSPS) is 11.0. The molecule has 0 atom stereocenters. The van der Waals surface area contributed by atoms with Crippen molar-refractivity contribution >= 4 is 0 Å². The van der Waals surface area contributed by atoms with Gasteiger partial charge in [-0.3, -0.25) is 0 Å². The van der Waals surface area contributed by atoms with Crippen molar-refractivity contribution in [2.75, 3.05) is 14.2 Å². The zero-order valence-corrected chi connectivity index (χ0v) is 14.5. The summed E-state index contributed by atoms with van der Waals surface area (Å²) in [4.78, 5) is 0. The Bertz CT molecular complexity index is 625. The molecule has 0 aliphatic carbocycles. The molecule has 0 radical (unpaired) electrons. The number of hydrogen-bond acceptors (Lipinski definition) is 2.